The van der Waals surface area contributed by atoms with E-state index in [9.17, 15) is 68.4 Å². The summed E-state index contributed by atoms with van der Waals surface area (Å²) in [6.07, 6.45) is -0.722. The molecule has 16 atom stereocenters. The first-order chi connectivity index (χ1) is 47.7. The van der Waals surface area contributed by atoms with Crippen LogP contribution >= 0.6 is 0 Å². The first kappa shape index (κ1) is 91.3. The van der Waals surface area contributed by atoms with Gasteiger partial charge < -0.3 is 91.6 Å². The van der Waals surface area contributed by atoms with Crippen molar-refractivity contribution >= 4 is 70.9 Å². The summed E-state index contributed by atoms with van der Waals surface area (Å²) >= 11 is 0. The van der Waals surface area contributed by atoms with Crippen LogP contribution in [0.3, 0.4) is 0 Å². The predicted octanol–water partition coefficient (Wildman–Crippen LogP) is 0.568. The Bertz CT molecular complexity index is 3090. The summed E-state index contributed by atoms with van der Waals surface area (Å²) in [5.41, 5.74) is 4.61. The van der Waals surface area contributed by atoms with E-state index in [-0.39, 0.29) is 61.5 Å². The Morgan fingerprint density at radius 3 is 1.49 bits per heavy atom. The number of nitrogens with zero attached hydrogens (tertiary/aromatic N) is 9. The van der Waals surface area contributed by atoms with Crippen molar-refractivity contribution in [2.45, 2.75) is 247 Å². The molecule has 32 nitrogen and oxygen atoms in total. The lowest BCUT2D eigenvalue weighted by Gasteiger charge is -2.41. The molecule has 0 unspecified atom stereocenters. The normalized spacial score (nSPS) is 27.7. The molecule has 0 spiro atoms. The third-order valence-corrected chi connectivity index (χ3v) is 18.9. The Balaban J connectivity index is 0.00000171. The molecule has 586 valence electrons. The van der Waals surface area contributed by atoms with Crippen LogP contribution in [-0.2, 0) is 57.5 Å². The van der Waals surface area contributed by atoms with Crippen LogP contribution in [0.5, 0.6) is 5.88 Å². The molecule has 2 aliphatic heterocycles. The number of aromatic nitrogens is 2. The Labute approximate surface area is 608 Å². The number of nitrogens with one attached hydrogen (secondary N) is 4. The minimum Gasteiger partial charge on any atom is -0.493 e. The molecule has 2 aliphatic rings. The van der Waals surface area contributed by atoms with Crippen molar-refractivity contribution in [3.63, 3.8) is 0 Å². The SMILES string of the molecule is C/C=C/C[C@@H](C)[C@@H](O)[C@H]1C(=O)N[C@@H](CC)C(=O)N(C)CC(=O)N(C)[C@@H](CC(C)C)C(=O)N[C@@H](C(C)C)C(=O)N(C)[C@@H](CC(C)C)C(=O)N[C@@H](C)C(=O)N[C@H](C)C(=O)N(C)[C@@H](CC(C)C)C(=O)N(C)[C@@H](CC(C)C)C(=O)N(C)[C@@H](C(C)C)C(=O)N1C.NC(=O)c1ncn([C@@H]2O[C@H](CO)[C@@H](O)[C@H]2O)c1O. The largest absolute Gasteiger partial charge is 0.493 e. The third-order valence-electron chi connectivity index (χ3n) is 18.9. The van der Waals surface area contributed by atoms with E-state index in [0.717, 1.165) is 20.7 Å². The molecule has 0 aliphatic carbocycles. The molecule has 11 N–H and O–H groups in total. The van der Waals surface area contributed by atoms with E-state index in [2.05, 4.69) is 26.3 Å². The molecule has 3 heterocycles. The highest BCUT2D eigenvalue weighted by atomic mass is 16.6. The van der Waals surface area contributed by atoms with Crippen molar-refractivity contribution in [2.24, 2.45) is 47.2 Å². The minimum absolute atomic E-state index is 0.0229. The number of likely N-dealkylation sites (N-methyl/N-ethyl adjacent to an activating group) is 7. The second-order valence-electron chi connectivity index (χ2n) is 30.0. The number of allylic oxidation sites excluding steroid dienone is 2. The number of ether oxygens (including phenoxy) is 1. The maximum Gasteiger partial charge on any atom is 0.272 e. The van der Waals surface area contributed by atoms with Gasteiger partial charge in [-0.3, -0.25) is 62.1 Å². The first-order valence-electron chi connectivity index (χ1n) is 35.7. The Hall–Kier alpha value is -7.81. The van der Waals surface area contributed by atoms with Crippen molar-refractivity contribution in [3.05, 3.63) is 24.2 Å². The van der Waals surface area contributed by atoms with Crippen molar-refractivity contribution in [1.82, 2.24) is 65.1 Å². The van der Waals surface area contributed by atoms with E-state index in [1.807, 2.05) is 61.5 Å². The summed E-state index contributed by atoms with van der Waals surface area (Å²) in [5.74, 6) is -11.2. The standard InChI is InChI=1S/C62H111N11O12.C9H13N3O6/c1-25-27-28-40(15)52(75)51-56(79)65-43(26-2)58(81)67(18)33-48(74)68(19)44(29-34(3)4)55(78)66-49(38(11)12)61(84)69(20)45(30-35(5)6)54(77)63-41(16)53(76)64-42(17)57(80)70(21)46(31-36(7)8)59(82)71(22)47(32-37(9)10)60(83)72(23)50(39(13)14)62(85)73(51)24;10-7(16)4-8(17)12(2-11-4)9-6(15)5(14)3(1-13)18-9/h25,27,34-47,49-52,75H,26,28-33H2,1-24H3,(H,63,77)(H,64,76)(H,65,79)(H,66,78);2-3,5-6,9,13-15,17H,1H2,(H2,10,16)/b27-25+;/t40-,41+,42-,43+,44+,45+,46+,47+,49+,50+,51+,52-;3-,5-,6-,9-/m11/s1. The number of aliphatic hydroxyl groups is 4. The number of aliphatic hydroxyl groups excluding tert-OH is 4. The zero-order chi connectivity index (χ0) is 79.4. The lowest BCUT2D eigenvalue weighted by molar-refractivity contribution is -0.157. The van der Waals surface area contributed by atoms with Crippen LogP contribution in [0.1, 0.15) is 173 Å². The van der Waals surface area contributed by atoms with Crippen LogP contribution in [-0.4, -0.2) is 288 Å². The number of carbonyl (C=O) groups excluding carboxylic acids is 12. The van der Waals surface area contributed by atoms with E-state index in [1.165, 1.54) is 87.7 Å². The number of aromatic hydroxyl groups is 1. The van der Waals surface area contributed by atoms with Gasteiger partial charge in [-0.1, -0.05) is 109 Å². The number of hydrogen-bond donors (Lipinski definition) is 10. The van der Waals surface area contributed by atoms with E-state index in [0.29, 0.717) is 6.42 Å². The summed E-state index contributed by atoms with van der Waals surface area (Å²) in [7, 11) is 9.92. The first-order valence-corrected chi connectivity index (χ1v) is 35.7. The van der Waals surface area contributed by atoms with Crippen molar-refractivity contribution in [2.75, 3.05) is 62.5 Å². The molecule has 2 fully saturated rings. The van der Waals surface area contributed by atoms with Crippen molar-refractivity contribution in [1.29, 1.82) is 0 Å². The maximum atomic E-state index is 15.1. The van der Waals surface area contributed by atoms with Crippen molar-refractivity contribution < 1.29 is 87.8 Å². The van der Waals surface area contributed by atoms with Crippen LogP contribution in [0, 0.1) is 41.4 Å². The lowest BCUT2D eigenvalue weighted by atomic mass is 9.91. The Morgan fingerprint density at radius 1 is 0.583 bits per heavy atom. The second-order valence-corrected chi connectivity index (χ2v) is 30.0. The Morgan fingerprint density at radius 2 is 1.04 bits per heavy atom. The van der Waals surface area contributed by atoms with Crippen LogP contribution in [0.25, 0.3) is 0 Å². The summed E-state index contributed by atoms with van der Waals surface area (Å²) in [6, 6.07) is -12.3. The van der Waals surface area contributed by atoms with Gasteiger partial charge in [0.05, 0.1) is 19.3 Å². The molecule has 1 aromatic rings. The third kappa shape index (κ3) is 24.4. The zero-order valence-electron chi connectivity index (χ0n) is 65.2. The summed E-state index contributed by atoms with van der Waals surface area (Å²) < 4.78 is 6.12. The minimum atomic E-state index is -1.61. The smallest absolute Gasteiger partial charge is 0.272 e. The fraction of sp³-hybridized carbons (Fsp3) is 0.761. The fourth-order valence-electron chi connectivity index (χ4n) is 12.5. The molecule has 0 aromatic carbocycles. The van der Waals surface area contributed by atoms with Gasteiger partial charge >= 0.3 is 0 Å². The van der Waals surface area contributed by atoms with Crippen LogP contribution in [0.15, 0.2) is 18.5 Å². The van der Waals surface area contributed by atoms with Gasteiger partial charge in [-0.15, -0.1) is 0 Å². The van der Waals surface area contributed by atoms with Gasteiger partial charge in [-0.2, -0.15) is 0 Å². The number of primary amides is 1. The molecule has 3 rings (SSSR count). The van der Waals surface area contributed by atoms with E-state index < -0.39 is 199 Å². The Kier molecular flexibility index (Phi) is 36.4. The van der Waals surface area contributed by atoms with E-state index in [4.69, 9.17) is 15.6 Å². The fourth-order valence-corrected chi connectivity index (χ4v) is 12.5. The van der Waals surface area contributed by atoms with Crippen LogP contribution in [0.4, 0.5) is 0 Å². The molecule has 2 saturated heterocycles. The highest BCUT2D eigenvalue weighted by Gasteiger charge is 2.47. The van der Waals surface area contributed by atoms with Crippen molar-refractivity contribution in [3.8, 4) is 5.88 Å². The van der Waals surface area contributed by atoms with E-state index in [1.54, 1.807) is 54.5 Å². The highest BCUT2D eigenvalue weighted by molar-refractivity contribution is 6.00. The van der Waals surface area contributed by atoms with Crippen LogP contribution in [0.2, 0.25) is 0 Å². The quantitative estimate of drug-likeness (QED) is 0.0898. The predicted molar refractivity (Wildman–Crippen MR) is 384 cm³/mol. The molecule has 0 saturated carbocycles. The highest BCUT2D eigenvalue weighted by Crippen LogP contribution is 2.33. The number of nitrogens with two attached hydrogens (primary N) is 1. The number of carbonyl (C=O) groups is 12. The molecule has 32 heteroatoms. The van der Waals surface area contributed by atoms with Gasteiger partial charge in [0.15, 0.2) is 11.9 Å². The summed E-state index contributed by atoms with van der Waals surface area (Å²) in [5, 5.41) is 61.0. The van der Waals surface area contributed by atoms with E-state index >= 15 is 9.59 Å². The molecular weight excluding hydrogens is 1340 g/mol. The molecule has 12 amide bonds. The van der Waals surface area contributed by atoms with Gasteiger partial charge in [0, 0.05) is 49.3 Å². The summed E-state index contributed by atoms with van der Waals surface area (Å²) in [6.45, 7) is 28.8. The number of amides is 12. The zero-order valence-corrected chi connectivity index (χ0v) is 65.2. The molecule has 0 bridgehead atoms. The second kappa shape index (κ2) is 41.0. The van der Waals surface area contributed by atoms with Gasteiger partial charge in [0.2, 0.25) is 70.9 Å². The molecule has 0 radical (unpaired) electrons. The number of imidazole rings is 1. The van der Waals surface area contributed by atoms with Gasteiger partial charge in [0.1, 0.15) is 85.1 Å². The average molecular weight is 1460 g/mol. The molecule has 103 heavy (non-hydrogen) atoms. The van der Waals surface area contributed by atoms with Gasteiger partial charge in [0.25, 0.3) is 5.91 Å². The van der Waals surface area contributed by atoms with Crippen LogP contribution < -0.4 is 27.0 Å². The number of hydrogen-bond acceptors (Lipinski definition) is 19. The topological polar surface area (TPSA) is 430 Å². The lowest BCUT2D eigenvalue weighted by Crippen LogP contribution is -2.63. The summed E-state index contributed by atoms with van der Waals surface area (Å²) in [4.78, 5) is 183. The van der Waals surface area contributed by atoms with Gasteiger partial charge in [-0.25, -0.2) is 4.98 Å². The maximum absolute atomic E-state index is 15.1. The van der Waals surface area contributed by atoms with Gasteiger partial charge in [-0.05, 0) is 101 Å². The monoisotopic (exact) mass is 1460 g/mol. The molecule has 1 aromatic heterocycles. The number of rotatable bonds is 18. The average Bonchev–Trinajstić information content (AvgIpc) is 1.71. The molecular formula is C71H124N14O18.